The summed E-state index contributed by atoms with van der Waals surface area (Å²) in [5.74, 6) is 0.787. The molecular formula is C20H22N4OS. The number of nitrogens with one attached hydrogen (secondary N) is 1. The molecular weight excluding hydrogens is 344 g/mol. The van der Waals surface area contributed by atoms with Crippen LogP contribution in [0.15, 0.2) is 59.8 Å². The molecule has 3 rings (SSSR count). The Kier molecular flexibility index (Phi) is 5.73. The summed E-state index contributed by atoms with van der Waals surface area (Å²) in [6.07, 6.45) is 0. The first-order chi connectivity index (χ1) is 12.6. The number of rotatable bonds is 6. The van der Waals surface area contributed by atoms with E-state index in [0.717, 1.165) is 27.8 Å². The smallest absolute Gasteiger partial charge is 0.233 e. The fourth-order valence-electron chi connectivity index (χ4n) is 2.65. The Balaban J connectivity index is 1.71. The largest absolute Gasteiger partial charge is 0.351 e. The van der Waals surface area contributed by atoms with E-state index in [4.69, 9.17) is 0 Å². The van der Waals surface area contributed by atoms with Gasteiger partial charge in [-0.05, 0) is 38.0 Å². The molecule has 2 aromatic carbocycles. The standard InChI is InChI=1S/C20H22N4OS/c1-14-9-7-8-12-18(14)24-16(3)22-23-20(24)26-15(2)19(25)21-13-17-10-5-4-6-11-17/h4-12,15H,13H2,1-3H3,(H,21,25)/t15-/m1/s1. The maximum absolute atomic E-state index is 12.5. The quantitative estimate of drug-likeness (QED) is 0.676. The van der Waals surface area contributed by atoms with Crippen LogP contribution in [-0.2, 0) is 11.3 Å². The number of benzene rings is 2. The van der Waals surface area contributed by atoms with Crippen LogP contribution in [0.3, 0.4) is 0 Å². The van der Waals surface area contributed by atoms with Gasteiger partial charge in [0.25, 0.3) is 0 Å². The van der Waals surface area contributed by atoms with Crippen molar-refractivity contribution in [3.63, 3.8) is 0 Å². The Labute approximate surface area is 157 Å². The van der Waals surface area contributed by atoms with Gasteiger partial charge in [-0.2, -0.15) is 0 Å². The molecule has 1 amide bonds. The van der Waals surface area contributed by atoms with Crippen LogP contribution in [0.25, 0.3) is 5.69 Å². The van der Waals surface area contributed by atoms with Crippen LogP contribution in [0.4, 0.5) is 0 Å². The molecule has 0 bridgehead atoms. The van der Waals surface area contributed by atoms with Gasteiger partial charge in [0.2, 0.25) is 5.91 Å². The number of hydrogen-bond donors (Lipinski definition) is 1. The predicted molar refractivity (Wildman–Crippen MR) is 104 cm³/mol. The van der Waals surface area contributed by atoms with E-state index < -0.39 is 0 Å². The zero-order chi connectivity index (χ0) is 18.5. The van der Waals surface area contributed by atoms with Gasteiger partial charge in [0.05, 0.1) is 10.9 Å². The molecule has 0 spiro atoms. The van der Waals surface area contributed by atoms with E-state index in [-0.39, 0.29) is 11.2 Å². The Bertz CT molecular complexity index is 892. The highest BCUT2D eigenvalue weighted by Gasteiger charge is 2.20. The Morgan fingerprint density at radius 1 is 1.08 bits per heavy atom. The molecule has 0 fully saturated rings. The summed E-state index contributed by atoms with van der Waals surface area (Å²) < 4.78 is 2.00. The third-order valence-electron chi connectivity index (χ3n) is 4.11. The maximum atomic E-state index is 12.5. The average Bonchev–Trinajstić information content (AvgIpc) is 3.01. The van der Waals surface area contributed by atoms with E-state index in [1.807, 2.05) is 66.9 Å². The van der Waals surface area contributed by atoms with Gasteiger partial charge in [-0.3, -0.25) is 9.36 Å². The second-order valence-corrected chi connectivity index (χ2v) is 7.42. The van der Waals surface area contributed by atoms with Crippen LogP contribution in [0.1, 0.15) is 23.9 Å². The Morgan fingerprint density at radius 3 is 2.50 bits per heavy atom. The van der Waals surface area contributed by atoms with Crippen molar-refractivity contribution >= 4 is 17.7 Å². The van der Waals surface area contributed by atoms with Gasteiger partial charge >= 0.3 is 0 Å². The average molecular weight is 366 g/mol. The first kappa shape index (κ1) is 18.2. The molecule has 0 saturated carbocycles. The fraction of sp³-hybridized carbons (Fsp3) is 0.250. The summed E-state index contributed by atoms with van der Waals surface area (Å²) in [4.78, 5) is 12.5. The van der Waals surface area contributed by atoms with Gasteiger partial charge in [0, 0.05) is 6.54 Å². The maximum Gasteiger partial charge on any atom is 0.233 e. The monoisotopic (exact) mass is 366 g/mol. The van der Waals surface area contributed by atoms with Crippen molar-refractivity contribution in [3.8, 4) is 5.69 Å². The van der Waals surface area contributed by atoms with Crippen LogP contribution in [-0.4, -0.2) is 25.9 Å². The minimum Gasteiger partial charge on any atom is -0.351 e. The van der Waals surface area contributed by atoms with Gasteiger partial charge in [0.1, 0.15) is 5.82 Å². The minimum absolute atomic E-state index is 0.0177. The van der Waals surface area contributed by atoms with Crippen molar-refractivity contribution < 1.29 is 4.79 Å². The molecule has 6 heteroatoms. The van der Waals surface area contributed by atoms with Gasteiger partial charge in [-0.25, -0.2) is 0 Å². The lowest BCUT2D eigenvalue weighted by molar-refractivity contribution is -0.120. The van der Waals surface area contributed by atoms with Crippen LogP contribution in [0, 0.1) is 13.8 Å². The zero-order valence-corrected chi connectivity index (χ0v) is 16.0. The predicted octanol–water partition coefficient (Wildman–Crippen LogP) is 3.68. The summed E-state index contributed by atoms with van der Waals surface area (Å²) in [5.41, 5.74) is 3.25. The number of aromatic nitrogens is 3. The van der Waals surface area contributed by atoms with E-state index in [0.29, 0.717) is 6.54 Å². The number of thioether (sulfide) groups is 1. The highest BCUT2D eigenvalue weighted by molar-refractivity contribution is 8.00. The fourth-order valence-corrected chi connectivity index (χ4v) is 3.58. The van der Waals surface area contributed by atoms with Crippen molar-refractivity contribution in [2.75, 3.05) is 0 Å². The van der Waals surface area contributed by atoms with E-state index in [1.165, 1.54) is 11.8 Å². The topological polar surface area (TPSA) is 59.8 Å². The third kappa shape index (κ3) is 4.14. The Hall–Kier alpha value is -2.60. The zero-order valence-electron chi connectivity index (χ0n) is 15.1. The first-order valence-electron chi connectivity index (χ1n) is 8.52. The second kappa shape index (κ2) is 8.19. The molecule has 0 saturated heterocycles. The van der Waals surface area contributed by atoms with Crippen LogP contribution >= 0.6 is 11.8 Å². The minimum atomic E-state index is -0.273. The van der Waals surface area contributed by atoms with Gasteiger partial charge in [-0.15, -0.1) is 10.2 Å². The van der Waals surface area contributed by atoms with Gasteiger partial charge in [-0.1, -0.05) is 60.3 Å². The highest BCUT2D eigenvalue weighted by atomic mass is 32.2. The van der Waals surface area contributed by atoms with E-state index in [9.17, 15) is 4.79 Å². The number of carbonyl (C=O) groups is 1. The van der Waals surface area contributed by atoms with Crippen molar-refractivity contribution in [1.29, 1.82) is 0 Å². The number of para-hydroxylation sites is 1. The van der Waals surface area contributed by atoms with Crippen molar-refractivity contribution in [1.82, 2.24) is 20.1 Å². The van der Waals surface area contributed by atoms with Gasteiger partial charge in [0.15, 0.2) is 5.16 Å². The summed E-state index contributed by atoms with van der Waals surface area (Å²) in [6.45, 7) is 6.38. The van der Waals surface area contributed by atoms with Crippen molar-refractivity contribution in [2.24, 2.45) is 0 Å². The molecule has 0 aliphatic rings. The molecule has 0 radical (unpaired) electrons. The normalized spacial score (nSPS) is 12.0. The third-order valence-corrected chi connectivity index (χ3v) is 5.16. The lowest BCUT2D eigenvalue weighted by Crippen LogP contribution is -2.30. The van der Waals surface area contributed by atoms with Crippen LogP contribution in [0.5, 0.6) is 0 Å². The number of hydrogen-bond acceptors (Lipinski definition) is 4. The lowest BCUT2D eigenvalue weighted by Gasteiger charge is -2.14. The first-order valence-corrected chi connectivity index (χ1v) is 9.40. The second-order valence-electron chi connectivity index (χ2n) is 6.12. The molecule has 0 aliphatic heterocycles. The van der Waals surface area contributed by atoms with Crippen LogP contribution < -0.4 is 5.32 Å². The molecule has 0 unspecified atom stereocenters. The number of aryl methyl sites for hydroxylation is 2. The van der Waals surface area contributed by atoms with Crippen LogP contribution in [0.2, 0.25) is 0 Å². The SMILES string of the molecule is Cc1ccccc1-n1c(C)nnc1S[C@H](C)C(=O)NCc1ccccc1. The van der Waals surface area contributed by atoms with Crippen molar-refractivity contribution in [2.45, 2.75) is 37.7 Å². The highest BCUT2D eigenvalue weighted by Crippen LogP contribution is 2.27. The van der Waals surface area contributed by atoms with E-state index >= 15 is 0 Å². The summed E-state index contributed by atoms with van der Waals surface area (Å²) in [7, 11) is 0. The molecule has 134 valence electrons. The molecule has 3 aromatic rings. The summed E-state index contributed by atoms with van der Waals surface area (Å²) in [6, 6.07) is 18.0. The molecule has 0 aliphatic carbocycles. The molecule has 1 heterocycles. The van der Waals surface area contributed by atoms with Gasteiger partial charge < -0.3 is 5.32 Å². The number of nitrogens with zero attached hydrogens (tertiary/aromatic N) is 3. The summed E-state index contributed by atoms with van der Waals surface area (Å²) >= 11 is 1.42. The van der Waals surface area contributed by atoms with Crippen molar-refractivity contribution in [3.05, 3.63) is 71.5 Å². The molecule has 1 aromatic heterocycles. The number of amides is 1. The van der Waals surface area contributed by atoms with E-state index in [2.05, 4.69) is 28.5 Å². The molecule has 5 nitrogen and oxygen atoms in total. The molecule has 1 atom stereocenters. The number of carbonyl (C=O) groups excluding carboxylic acids is 1. The molecule has 26 heavy (non-hydrogen) atoms. The Morgan fingerprint density at radius 2 is 1.77 bits per heavy atom. The lowest BCUT2D eigenvalue weighted by atomic mass is 10.2. The summed E-state index contributed by atoms with van der Waals surface area (Å²) in [5, 5.41) is 11.9. The van der Waals surface area contributed by atoms with E-state index in [1.54, 1.807) is 0 Å². The molecule has 1 N–H and O–H groups in total.